The van der Waals surface area contributed by atoms with Gasteiger partial charge in [0.15, 0.2) is 6.61 Å². The van der Waals surface area contributed by atoms with Gasteiger partial charge >= 0.3 is 12.6 Å². The van der Waals surface area contributed by atoms with Crippen molar-refractivity contribution < 1.29 is 27.8 Å². The van der Waals surface area contributed by atoms with Crippen LogP contribution in [0.15, 0.2) is 48.5 Å². The second kappa shape index (κ2) is 10.3. The third-order valence-corrected chi connectivity index (χ3v) is 3.84. The molecule has 0 aromatic heterocycles. The summed E-state index contributed by atoms with van der Waals surface area (Å²) in [7, 11) is 0. The van der Waals surface area contributed by atoms with E-state index in [2.05, 4.69) is 10.1 Å². The molecule has 0 atom stereocenters. The Morgan fingerprint density at radius 3 is 2.44 bits per heavy atom. The number of ether oxygens (including phenoxy) is 2. The van der Waals surface area contributed by atoms with Crippen LogP contribution >= 0.6 is 0 Å². The summed E-state index contributed by atoms with van der Waals surface area (Å²) in [5.74, 6) is -0.779. The topological polar surface area (TPSA) is 64.6 Å². The van der Waals surface area contributed by atoms with Crippen molar-refractivity contribution in [1.82, 2.24) is 5.32 Å². The van der Waals surface area contributed by atoms with Crippen LogP contribution in [0.4, 0.5) is 8.78 Å². The number of carbonyl (C=O) groups is 2. The molecular formula is C20H21F2NO4. The van der Waals surface area contributed by atoms with Crippen molar-refractivity contribution in [2.24, 2.45) is 0 Å². The van der Waals surface area contributed by atoms with Gasteiger partial charge < -0.3 is 14.8 Å². The van der Waals surface area contributed by atoms with Crippen molar-refractivity contribution in [2.75, 3.05) is 13.2 Å². The molecule has 0 aliphatic rings. The Labute approximate surface area is 156 Å². The fourth-order valence-electron chi connectivity index (χ4n) is 2.40. The minimum Gasteiger partial charge on any atom is -0.455 e. The van der Waals surface area contributed by atoms with E-state index in [1.165, 1.54) is 12.1 Å². The molecule has 5 nitrogen and oxygen atoms in total. The first kappa shape index (κ1) is 20.4. The summed E-state index contributed by atoms with van der Waals surface area (Å²) in [6.07, 6.45) is 0.630. The normalized spacial score (nSPS) is 10.5. The van der Waals surface area contributed by atoms with Gasteiger partial charge in [0.05, 0.1) is 6.42 Å². The molecule has 27 heavy (non-hydrogen) atoms. The molecule has 0 spiro atoms. The lowest BCUT2D eigenvalue weighted by Gasteiger charge is -2.08. The van der Waals surface area contributed by atoms with Crippen LogP contribution in [0.2, 0.25) is 0 Å². The highest BCUT2D eigenvalue weighted by molar-refractivity contribution is 5.81. The monoisotopic (exact) mass is 377 g/mol. The minimum atomic E-state index is -2.86. The maximum absolute atomic E-state index is 12.1. The van der Waals surface area contributed by atoms with Crippen LogP contribution in [0.5, 0.6) is 5.75 Å². The number of nitrogens with one attached hydrogen (secondary N) is 1. The van der Waals surface area contributed by atoms with Gasteiger partial charge in [-0.1, -0.05) is 36.4 Å². The molecule has 0 bridgehead atoms. The zero-order chi connectivity index (χ0) is 19.6. The van der Waals surface area contributed by atoms with E-state index in [0.717, 1.165) is 16.7 Å². The molecule has 7 heteroatoms. The van der Waals surface area contributed by atoms with Gasteiger partial charge in [0, 0.05) is 6.54 Å². The van der Waals surface area contributed by atoms with Crippen molar-refractivity contribution in [2.45, 2.75) is 26.4 Å². The SMILES string of the molecule is Cc1ccccc1CC(=O)OCC(=O)NCCc1ccc(OC(F)F)cc1. The predicted octanol–water partition coefficient (Wildman–Crippen LogP) is 3.04. The van der Waals surface area contributed by atoms with Crippen molar-refractivity contribution in [3.05, 3.63) is 65.2 Å². The molecule has 2 rings (SSSR count). The van der Waals surface area contributed by atoms with Crippen LogP contribution in [0.3, 0.4) is 0 Å². The zero-order valence-corrected chi connectivity index (χ0v) is 14.9. The van der Waals surface area contributed by atoms with Crippen molar-refractivity contribution >= 4 is 11.9 Å². The maximum atomic E-state index is 12.1. The van der Waals surface area contributed by atoms with Gasteiger partial charge in [0.25, 0.3) is 5.91 Å². The Hall–Kier alpha value is -2.96. The summed E-state index contributed by atoms with van der Waals surface area (Å²) < 4.78 is 33.4. The van der Waals surface area contributed by atoms with E-state index in [1.54, 1.807) is 12.1 Å². The van der Waals surface area contributed by atoms with Gasteiger partial charge in [-0.2, -0.15) is 8.78 Å². The first-order valence-electron chi connectivity index (χ1n) is 8.44. The Balaban J connectivity index is 1.66. The number of alkyl halides is 2. The predicted molar refractivity (Wildman–Crippen MR) is 95.6 cm³/mol. The number of amides is 1. The van der Waals surface area contributed by atoms with E-state index in [9.17, 15) is 18.4 Å². The van der Waals surface area contributed by atoms with Crippen LogP contribution in [-0.2, 0) is 27.2 Å². The molecule has 0 unspecified atom stereocenters. The van der Waals surface area contributed by atoms with Gasteiger partial charge in [0.2, 0.25) is 0 Å². The van der Waals surface area contributed by atoms with Crippen molar-refractivity contribution in [3.8, 4) is 5.75 Å². The lowest BCUT2D eigenvalue weighted by Crippen LogP contribution is -2.30. The minimum absolute atomic E-state index is 0.0818. The molecule has 0 aliphatic heterocycles. The number of esters is 1. The van der Waals surface area contributed by atoms with Gasteiger partial charge in [-0.3, -0.25) is 9.59 Å². The molecule has 0 saturated heterocycles. The van der Waals surface area contributed by atoms with E-state index < -0.39 is 18.5 Å². The number of hydrogen-bond donors (Lipinski definition) is 1. The molecule has 2 aromatic rings. The highest BCUT2D eigenvalue weighted by Gasteiger charge is 2.10. The number of hydrogen-bond acceptors (Lipinski definition) is 4. The molecule has 2 aromatic carbocycles. The van der Waals surface area contributed by atoms with Crippen molar-refractivity contribution in [3.63, 3.8) is 0 Å². The average molecular weight is 377 g/mol. The summed E-state index contributed by atoms with van der Waals surface area (Å²) >= 11 is 0. The fraction of sp³-hybridized carbons (Fsp3) is 0.300. The average Bonchev–Trinajstić information content (AvgIpc) is 2.63. The standard InChI is InChI=1S/C20H21F2NO4/c1-14-4-2-3-5-16(14)12-19(25)26-13-18(24)23-11-10-15-6-8-17(9-7-15)27-20(21)22/h2-9,20H,10-13H2,1H3,(H,23,24). The number of rotatable bonds is 9. The van der Waals surface area contributed by atoms with E-state index in [-0.39, 0.29) is 18.8 Å². The number of benzene rings is 2. The van der Waals surface area contributed by atoms with E-state index in [1.807, 2.05) is 31.2 Å². The Kier molecular flexibility index (Phi) is 7.73. The molecular weight excluding hydrogens is 356 g/mol. The first-order chi connectivity index (χ1) is 12.9. The van der Waals surface area contributed by atoms with E-state index in [4.69, 9.17) is 4.74 Å². The number of carbonyl (C=O) groups excluding carboxylic acids is 2. The quantitative estimate of drug-likeness (QED) is 0.683. The van der Waals surface area contributed by atoms with Gasteiger partial charge in [-0.05, 0) is 42.2 Å². The van der Waals surface area contributed by atoms with Crippen LogP contribution in [-0.4, -0.2) is 31.6 Å². The van der Waals surface area contributed by atoms with Crippen LogP contribution < -0.4 is 10.1 Å². The molecule has 0 fully saturated rings. The van der Waals surface area contributed by atoms with E-state index >= 15 is 0 Å². The summed E-state index contributed by atoms with van der Waals surface area (Å²) in [5.41, 5.74) is 2.71. The third-order valence-electron chi connectivity index (χ3n) is 3.84. The Bertz CT molecular complexity index is 763. The smallest absolute Gasteiger partial charge is 0.387 e. The highest BCUT2D eigenvalue weighted by atomic mass is 19.3. The molecule has 1 N–H and O–H groups in total. The fourth-order valence-corrected chi connectivity index (χ4v) is 2.40. The first-order valence-corrected chi connectivity index (χ1v) is 8.44. The number of aryl methyl sites for hydroxylation is 1. The second-order valence-corrected chi connectivity index (χ2v) is 5.89. The molecule has 0 aliphatic carbocycles. The lowest BCUT2D eigenvalue weighted by atomic mass is 10.1. The summed E-state index contributed by atoms with van der Waals surface area (Å²) in [6, 6.07) is 13.6. The van der Waals surface area contributed by atoms with Crippen LogP contribution in [0.25, 0.3) is 0 Å². The Morgan fingerprint density at radius 2 is 1.78 bits per heavy atom. The highest BCUT2D eigenvalue weighted by Crippen LogP contribution is 2.15. The van der Waals surface area contributed by atoms with Crippen molar-refractivity contribution in [1.29, 1.82) is 0 Å². The lowest BCUT2D eigenvalue weighted by molar-refractivity contribution is -0.147. The van der Waals surface area contributed by atoms with E-state index in [0.29, 0.717) is 13.0 Å². The molecule has 1 amide bonds. The zero-order valence-electron chi connectivity index (χ0n) is 14.9. The maximum Gasteiger partial charge on any atom is 0.387 e. The summed E-state index contributed by atoms with van der Waals surface area (Å²) in [5, 5.41) is 2.64. The van der Waals surface area contributed by atoms with Crippen LogP contribution in [0, 0.1) is 6.92 Å². The third kappa shape index (κ3) is 7.43. The molecule has 144 valence electrons. The summed E-state index contributed by atoms with van der Waals surface area (Å²) in [4.78, 5) is 23.5. The Morgan fingerprint density at radius 1 is 1.07 bits per heavy atom. The molecule has 0 heterocycles. The van der Waals surface area contributed by atoms with Gasteiger partial charge in [-0.25, -0.2) is 0 Å². The number of halogens is 2. The van der Waals surface area contributed by atoms with Gasteiger partial charge in [0.1, 0.15) is 5.75 Å². The molecule has 0 radical (unpaired) electrons. The summed E-state index contributed by atoms with van der Waals surface area (Å²) in [6.45, 7) is -0.958. The second-order valence-electron chi connectivity index (χ2n) is 5.89. The van der Waals surface area contributed by atoms with Gasteiger partial charge in [-0.15, -0.1) is 0 Å². The van der Waals surface area contributed by atoms with Crippen LogP contribution in [0.1, 0.15) is 16.7 Å². The molecule has 0 saturated carbocycles. The largest absolute Gasteiger partial charge is 0.455 e.